The fourth-order valence-electron chi connectivity index (χ4n) is 2.64. The van der Waals surface area contributed by atoms with Gasteiger partial charge in [0.25, 0.3) is 0 Å². The number of ether oxygens (including phenoxy) is 1. The van der Waals surface area contributed by atoms with Crippen LogP contribution in [0.3, 0.4) is 0 Å². The number of hydrogen-bond donors (Lipinski definition) is 1. The van der Waals surface area contributed by atoms with Gasteiger partial charge in [-0.15, -0.1) is 0 Å². The van der Waals surface area contributed by atoms with Gasteiger partial charge >= 0.3 is 0 Å². The van der Waals surface area contributed by atoms with Crippen molar-refractivity contribution in [2.75, 3.05) is 32.6 Å². The first-order valence-electron chi connectivity index (χ1n) is 8.21. The van der Waals surface area contributed by atoms with Gasteiger partial charge in [-0.2, -0.15) is 0 Å². The third kappa shape index (κ3) is 4.03. The molecule has 0 bridgehead atoms. The van der Waals surface area contributed by atoms with E-state index in [-0.39, 0.29) is 0 Å². The van der Waals surface area contributed by atoms with E-state index in [1.807, 2.05) is 42.5 Å². The molecule has 0 atom stereocenters. The maximum Gasteiger partial charge on any atom is 0.223 e. The second-order valence-corrected chi connectivity index (χ2v) is 6.02. The van der Waals surface area contributed by atoms with Gasteiger partial charge in [0.2, 0.25) is 5.88 Å². The molecular weight excluding hydrogens is 298 g/mol. The van der Waals surface area contributed by atoms with Crippen molar-refractivity contribution in [3.63, 3.8) is 0 Å². The molecule has 24 heavy (non-hydrogen) atoms. The van der Waals surface area contributed by atoms with Gasteiger partial charge in [-0.3, -0.25) is 0 Å². The van der Waals surface area contributed by atoms with E-state index in [4.69, 9.17) is 4.74 Å². The molecule has 0 saturated heterocycles. The number of para-hydroxylation sites is 1. The summed E-state index contributed by atoms with van der Waals surface area (Å²) in [7, 11) is 4.14. The Balaban J connectivity index is 1.86. The number of nitrogens with zero attached hydrogens (tertiary/aromatic N) is 2. The summed E-state index contributed by atoms with van der Waals surface area (Å²) < 4.78 is 5.97. The summed E-state index contributed by atoms with van der Waals surface area (Å²) in [6.07, 6.45) is 2.77. The number of anilines is 2. The maximum absolute atomic E-state index is 5.97. The van der Waals surface area contributed by atoms with Gasteiger partial charge in [0.15, 0.2) is 0 Å². The van der Waals surface area contributed by atoms with Crippen LogP contribution in [0.1, 0.15) is 6.42 Å². The van der Waals surface area contributed by atoms with Crippen LogP contribution in [0.2, 0.25) is 0 Å². The number of benzene rings is 2. The lowest BCUT2D eigenvalue weighted by Crippen LogP contribution is -2.15. The molecule has 124 valence electrons. The fraction of sp³-hybridized carbons (Fsp3) is 0.250. The molecule has 3 aromatic rings. The van der Waals surface area contributed by atoms with E-state index in [0.29, 0.717) is 12.5 Å². The second-order valence-electron chi connectivity index (χ2n) is 6.02. The molecule has 1 heterocycles. The molecule has 0 unspecified atom stereocenters. The number of aromatic nitrogens is 1. The Morgan fingerprint density at radius 3 is 2.62 bits per heavy atom. The monoisotopic (exact) mass is 321 g/mol. The SMILES string of the molecule is CN(C)CCCOc1nccc2cccc(Nc3ccccc3)c12. The van der Waals surface area contributed by atoms with Crippen LogP contribution in [0, 0.1) is 0 Å². The molecule has 0 aliphatic rings. The van der Waals surface area contributed by atoms with Crippen molar-refractivity contribution in [2.45, 2.75) is 6.42 Å². The van der Waals surface area contributed by atoms with Crippen molar-refractivity contribution in [1.82, 2.24) is 9.88 Å². The van der Waals surface area contributed by atoms with E-state index in [1.54, 1.807) is 6.20 Å². The fourth-order valence-corrected chi connectivity index (χ4v) is 2.64. The first-order chi connectivity index (χ1) is 11.7. The molecule has 2 aromatic carbocycles. The number of rotatable bonds is 7. The van der Waals surface area contributed by atoms with E-state index in [1.165, 1.54) is 0 Å². The van der Waals surface area contributed by atoms with Crippen LogP contribution in [0.4, 0.5) is 11.4 Å². The third-order valence-electron chi connectivity index (χ3n) is 3.80. The highest BCUT2D eigenvalue weighted by Gasteiger charge is 2.09. The minimum Gasteiger partial charge on any atom is -0.477 e. The lowest BCUT2D eigenvalue weighted by atomic mass is 10.1. The van der Waals surface area contributed by atoms with E-state index in [0.717, 1.165) is 35.1 Å². The highest BCUT2D eigenvalue weighted by atomic mass is 16.5. The van der Waals surface area contributed by atoms with Crippen LogP contribution in [-0.4, -0.2) is 37.1 Å². The molecule has 0 saturated carbocycles. The van der Waals surface area contributed by atoms with Crippen LogP contribution in [0.25, 0.3) is 10.8 Å². The first kappa shape index (κ1) is 16.3. The zero-order chi connectivity index (χ0) is 16.8. The quantitative estimate of drug-likeness (QED) is 0.658. The molecule has 0 spiro atoms. The van der Waals surface area contributed by atoms with Crippen LogP contribution in [0.5, 0.6) is 5.88 Å². The lowest BCUT2D eigenvalue weighted by molar-refractivity contribution is 0.276. The summed E-state index contributed by atoms with van der Waals surface area (Å²) in [5.74, 6) is 0.685. The van der Waals surface area contributed by atoms with Gasteiger partial charge in [-0.25, -0.2) is 4.98 Å². The number of hydrogen-bond acceptors (Lipinski definition) is 4. The lowest BCUT2D eigenvalue weighted by Gasteiger charge is -2.14. The Morgan fingerprint density at radius 2 is 1.83 bits per heavy atom. The molecule has 0 aliphatic heterocycles. The Kier molecular flexibility index (Phi) is 5.29. The maximum atomic E-state index is 5.97. The Morgan fingerprint density at radius 1 is 1.00 bits per heavy atom. The molecular formula is C20H23N3O. The van der Waals surface area contributed by atoms with Crippen molar-refractivity contribution >= 4 is 22.1 Å². The standard InChI is InChI=1S/C20H23N3O/c1-23(2)14-7-15-24-20-19-16(12-13-21-20)8-6-11-18(19)22-17-9-4-3-5-10-17/h3-6,8-13,22H,7,14-15H2,1-2H3. The van der Waals surface area contributed by atoms with Gasteiger partial charge in [0.05, 0.1) is 17.7 Å². The Bertz CT molecular complexity index is 782. The van der Waals surface area contributed by atoms with Crippen molar-refractivity contribution < 1.29 is 4.74 Å². The molecule has 0 aliphatic carbocycles. The summed E-state index contributed by atoms with van der Waals surface area (Å²) in [4.78, 5) is 6.61. The smallest absolute Gasteiger partial charge is 0.223 e. The molecule has 4 nitrogen and oxygen atoms in total. The first-order valence-corrected chi connectivity index (χ1v) is 8.21. The summed E-state index contributed by atoms with van der Waals surface area (Å²) in [6, 6.07) is 18.3. The van der Waals surface area contributed by atoms with Gasteiger partial charge in [-0.05, 0) is 50.2 Å². The van der Waals surface area contributed by atoms with Crippen LogP contribution in [0.15, 0.2) is 60.8 Å². The summed E-state index contributed by atoms with van der Waals surface area (Å²) in [5.41, 5.74) is 2.06. The molecule has 4 heteroatoms. The molecule has 1 N–H and O–H groups in total. The van der Waals surface area contributed by atoms with Crippen LogP contribution >= 0.6 is 0 Å². The average molecular weight is 321 g/mol. The zero-order valence-corrected chi connectivity index (χ0v) is 14.2. The Hall–Kier alpha value is -2.59. The molecule has 3 rings (SSSR count). The van der Waals surface area contributed by atoms with Crippen molar-refractivity contribution in [1.29, 1.82) is 0 Å². The molecule has 1 aromatic heterocycles. The van der Waals surface area contributed by atoms with Crippen molar-refractivity contribution in [2.24, 2.45) is 0 Å². The van der Waals surface area contributed by atoms with Crippen LogP contribution < -0.4 is 10.1 Å². The van der Waals surface area contributed by atoms with E-state index < -0.39 is 0 Å². The summed E-state index contributed by atoms with van der Waals surface area (Å²) in [6.45, 7) is 1.66. The highest BCUT2D eigenvalue weighted by Crippen LogP contribution is 2.32. The number of nitrogens with one attached hydrogen (secondary N) is 1. The largest absolute Gasteiger partial charge is 0.477 e. The summed E-state index contributed by atoms with van der Waals surface area (Å²) in [5, 5.41) is 5.61. The molecule has 0 amide bonds. The van der Waals surface area contributed by atoms with Gasteiger partial charge in [0.1, 0.15) is 0 Å². The topological polar surface area (TPSA) is 37.4 Å². The van der Waals surface area contributed by atoms with Crippen LogP contribution in [-0.2, 0) is 0 Å². The predicted octanol–water partition coefficient (Wildman–Crippen LogP) is 4.31. The van der Waals surface area contributed by atoms with Crippen molar-refractivity contribution in [3.05, 3.63) is 60.8 Å². The van der Waals surface area contributed by atoms with Gasteiger partial charge in [-0.1, -0.05) is 30.3 Å². The number of pyridine rings is 1. The van der Waals surface area contributed by atoms with E-state index >= 15 is 0 Å². The highest BCUT2D eigenvalue weighted by molar-refractivity contribution is 5.98. The van der Waals surface area contributed by atoms with Crippen molar-refractivity contribution in [3.8, 4) is 5.88 Å². The molecule has 0 fully saturated rings. The normalized spacial score (nSPS) is 11.0. The van der Waals surface area contributed by atoms with E-state index in [9.17, 15) is 0 Å². The molecule has 0 radical (unpaired) electrons. The predicted molar refractivity (Wildman–Crippen MR) is 100 cm³/mol. The van der Waals surface area contributed by atoms with Gasteiger partial charge in [0, 0.05) is 18.4 Å². The summed E-state index contributed by atoms with van der Waals surface area (Å²) >= 11 is 0. The minimum atomic E-state index is 0.657. The average Bonchev–Trinajstić information content (AvgIpc) is 2.60. The minimum absolute atomic E-state index is 0.657. The third-order valence-corrected chi connectivity index (χ3v) is 3.80. The number of fused-ring (bicyclic) bond motifs is 1. The van der Waals surface area contributed by atoms with E-state index in [2.05, 4.69) is 41.4 Å². The Labute approximate surface area is 143 Å². The van der Waals surface area contributed by atoms with Gasteiger partial charge < -0.3 is 15.0 Å². The second kappa shape index (κ2) is 7.79. The zero-order valence-electron chi connectivity index (χ0n) is 14.2.